The number of hydrogen-bond donors (Lipinski definition) is 1. The summed E-state index contributed by atoms with van der Waals surface area (Å²) >= 11 is 2.99. The number of thiophene rings is 2. The van der Waals surface area contributed by atoms with Crippen LogP contribution in [0.2, 0.25) is 0 Å². The Morgan fingerprint density at radius 3 is 0.765 bits per heavy atom. The lowest BCUT2D eigenvalue weighted by atomic mass is 9.81. The van der Waals surface area contributed by atoms with E-state index in [1.54, 1.807) is 12.1 Å². The second kappa shape index (κ2) is 22.5. The van der Waals surface area contributed by atoms with E-state index in [-0.39, 0.29) is 105 Å². The van der Waals surface area contributed by atoms with E-state index in [4.69, 9.17) is 24.8 Å². The molecular formula is C82H76N4O10S2. The molecule has 0 bridgehead atoms. The van der Waals surface area contributed by atoms with Gasteiger partial charge in [-0.1, -0.05) is 132 Å². The maximum Gasteiger partial charge on any atom is 0.281 e. The van der Waals surface area contributed by atoms with Crippen LogP contribution >= 0.6 is 22.7 Å². The summed E-state index contributed by atoms with van der Waals surface area (Å²) in [5, 5.41) is 4.07. The number of benzene rings is 9. The molecule has 496 valence electrons. The van der Waals surface area contributed by atoms with Crippen LogP contribution in [0.25, 0.3) is 54.2 Å². The van der Waals surface area contributed by atoms with Crippen LogP contribution in [0.1, 0.15) is 189 Å². The molecule has 6 amide bonds. The number of amides is 6. The van der Waals surface area contributed by atoms with Gasteiger partial charge in [-0.2, -0.15) is 10.0 Å². The van der Waals surface area contributed by atoms with Gasteiger partial charge in [-0.3, -0.25) is 28.8 Å². The Morgan fingerprint density at radius 2 is 0.541 bits per heavy atom. The van der Waals surface area contributed by atoms with Crippen LogP contribution in [0.4, 0.5) is 0 Å². The molecule has 0 atom stereocenters. The summed E-state index contributed by atoms with van der Waals surface area (Å²) in [4.78, 5) is 98.8. The average Bonchev–Trinajstić information content (AvgIpc) is 0.849. The van der Waals surface area contributed by atoms with Gasteiger partial charge in [0.25, 0.3) is 35.4 Å². The fraction of sp³-hybridized carbons (Fsp3) is 0.268. The van der Waals surface area contributed by atoms with E-state index in [1.807, 2.05) is 139 Å². The molecule has 11 aromatic rings. The number of aryl methyl sites for hydroxylation is 4. The maximum absolute atomic E-state index is 16.6. The van der Waals surface area contributed by atoms with Crippen molar-refractivity contribution in [1.29, 1.82) is 0 Å². The quantitative estimate of drug-likeness (QED) is 0.0429. The van der Waals surface area contributed by atoms with Crippen LogP contribution in [0.5, 0.6) is 46.0 Å². The first-order chi connectivity index (χ1) is 46.0. The third-order valence-electron chi connectivity index (χ3n) is 19.6. The van der Waals surface area contributed by atoms with Gasteiger partial charge in [0.1, 0.15) is 46.0 Å². The van der Waals surface area contributed by atoms with Crippen LogP contribution in [0.15, 0.2) is 121 Å². The first-order valence-corrected chi connectivity index (χ1v) is 34.5. The van der Waals surface area contributed by atoms with Crippen LogP contribution in [0, 0.1) is 41.5 Å². The van der Waals surface area contributed by atoms with Crippen LogP contribution in [0.3, 0.4) is 0 Å². The Hall–Kier alpha value is -10.00. The molecule has 14 rings (SSSR count). The number of fused-ring (bicyclic) bond motifs is 2. The molecular weight excluding hydrogens is 1270 g/mol. The van der Waals surface area contributed by atoms with Gasteiger partial charge in [-0.05, 0) is 169 Å². The number of carbonyl (C=O) groups is 6. The third-order valence-corrected chi connectivity index (χ3v) is 21.8. The molecule has 0 aliphatic carbocycles. The molecule has 3 aliphatic heterocycles. The highest BCUT2D eigenvalue weighted by atomic mass is 32.1. The number of rotatable bonds is 11. The molecule has 16 heteroatoms. The normalized spacial score (nSPS) is 14.7. The summed E-state index contributed by atoms with van der Waals surface area (Å²) < 4.78 is 28.9. The van der Waals surface area contributed by atoms with Crippen molar-refractivity contribution in [3.05, 3.63) is 208 Å². The third kappa shape index (κ3) is 10.3. The first kappa shape index (κ1) is 65.3. The number of carbonyl (C=O) groups excluding carboxylic acids is 6. The van der Waals surface area contributed by atoms with Crippen molar-refractivity contribution >= 4 is 112 Å². The monoisotopic (exact) mass is 1340 g/mol. The zero-order valence-corrected chi connectivity index (χ0v) is 60.0. The fourth-order valence-corrected chi connectivity index (χ4v) is 16.2. The highest BCUT2D eigenvalue weighted by molar-refractivity contribution is 7.12. The topological polar surface area (TPSA) is 175 Å². The Morgan fingerprint density at radius 1 is 0.306 bits per heavy atom. The summed E-state index contributed by atoms with van der Waals surface area (Å²) in [6.45, 7) is 36.8. The summed E-state index contributed by atoms with van der Waals surface area (Å²) in [5.41, 5.74) is 5.88. The molecule has 5 heterocycles. The minimum absolute atomic E-state index is 0.0401. The van der Waals surface area contributed by atoms with Crippen LogP contribution in [-0.2, 0) is 31.2 Å². The highest BCUT2D eigenvalue weighted by Crippen LogP contribution is 2.59. The Kier molecular flexibility index (Phi) is 15.0. The van der Waals surface area contributed by atoms with Gasteiger partial charge in [0.15, 0.2) is 0 Å². The standard InChI is InChI=1S/C82H76N4O10S2/c1-39-41(3)97-43(5)61(39)71-72(62-40(2)42(4)98-44(62)6)78(92)86(77(71)91)85-75(89)55-37-59(95-51-31-23-47(24-32-51)81(13,14)15)67-65-57(93-49-27-19-45(20-28-49)79(7,8)9)35-53-63-54(74(88)84(83)73(53)87)36-58(94-50-29-21-46(22-30-50)80(10,11)12)66(69(63)65)68-60(38-56(76(85)90)64(55)70(67)68)96-52-33-25-48(26-34-52)82(16,17)18/h19-38H,83H2,1-18H3. The number of hydrogen-bond acceptors (Lipinski definition) is 13. The minimum Gasteiger partial charge on any atom is -0.457 e. The van der Waals surface area contributed by atoms with Gasteiger partial charge in [-0.15, -0.1) is 22.7 Å². The van der Waals surface area contributed by atoms with Gasteiger partial charge >= 0.3 is 0 Å². The van der Waals surface area contributed by atoms with Crippen molar-refractivity contribution < 1.29 is 47.7 Å². The van der Waals surface area contributed by atoms with E-state index < -0.39 is 35.4 Å². The van der Waals surface area contributed by atoms with E-state index in [2.05, 4.69) is 83.1 Å². The summed E-state index contributed by atoms with van der Waals surface area (Å²) in [7, 11) is 0. The molecule has 98 heavy (non-hydrogen) atoms. The Balaban J connectivity index is 1.15. The van der Waals surface area contributed by atoms with Gasteiger partial charge in [0, 0.05) is 73.7 Å². The Labute approximate surface area is 577 Å². The average molecular weight is 1340 g/mol. The van der Waals surface area contributed by atoms with Crippen molar-refractivity contribution in [1.82, 2.24) is 15.0 Å². The minimum atomic E-state index is -0.993. The van der Waals surface area contributed by atoms with E-state index in [0.29, 0.717) is 65.3 Å². The molecule has 2 aromatic heterocycles. The first-order valence-electron chi connectivity index (χ1n) is 32.8. The molecule has 0 saturated heterocycles. The van der Waals surface area contributed by atoms with Crippen molar-refractivity contribution in [3.8, 4) is 46.0 Å². The maximum atomic E-state index is 16.6. The molecule has 0 spiro atoms. The molecule has 3 aliphatic rings. The Bertz CT molecular complexity index is 5050. The van der Waals surface area contributed by atoms with Gasteiger partial charge < -0.3 is 18.9 Å². The molecule has 0 saturated carbocycles. The van der Waals surface area contributed by atoms with E-state index in [9.17, 15) is 0 Å². The van der Waals surface area contributed by atoms with Crippen LogP contribution in [-0.4, -0.2) is 50.5 Å². The zero-order valence-electron chi connectivity index (χ0n) is 58.4. The summed E-state index contributed by atoms with van der Waals surface area (Å²) in [6, 6.07) is 36.7. The van der Waals surface area contributed by atoms with Crippen molar-refractivity contribution in [2.45, 2.75) is 146 Å². The number of ether oxygens (including phenoxy) is 4. The number of imide groups is 3. The molecule has 14 nitrogen and oxygen atoms in total. The summed E-state index contributed by atoms with van der Waals surface area (Å²) in [5.74, 6) is 3.07. The number of hydrazine groups is 2. The van der Waals surface area contributed by atoms with Gasteiger partial charge in [0.2, 0.25) is 0 Å². The zero-order chi connectivity index (χ0) is 70.2. The fourth-order valence-electron chi connectivity index (χ4n) is 14.1. The lowest BCUT2D eigenvalue weighted by Gasteiger charge is -2.34. The molecule has 0 radical (unpaired) electrons. The van der Waals surface area contributed by atoms with Gasteiger partial charge in [0.05, 0.1) is 33.4 Å². The highest BCUT2D eigenvalue weighted by Gasteiger charge is 2.52. The smallest absolute Gasteiger partial charge is 0.281 e. The second-order valence-corrected chi connectivity index (χ2v) is 33.1. The van der Waals surface area contributed by atoms with Crippen LogP contribution < -0.4 is 24.8 Å². The molecule has 9 aromatic carbocycles. The predicted molar refractivity (Wildman–Crippen MR) is 389 cm³/mol. The second-order valence-electron chi connectivity index (χ2n) is 30.2. The predicted octanol–water partition coefficient (Wildman–Crippen LogP) is 20.0. The van der Waals surface area contributed by atoms with Gasteiger partial charge in [-0.25, -0.2) is 10.9 Å². The SMILES string of the molecule is Cc1sc(C)c(C2=C(c3c(C)sc(C)c3C)C(=O)N(N3C(=O)c4cc(Oc5ccc(C(C)(C)C)cc5)c5c6c(Oc7ccc(C(C)(C)C)cc7)cc7c8c(cc(Oc9ccc(C(C)(C)C)cc9)c(c9c(Oc%10ccc(C(C)(C)C)cc%10)cc(c4c59)C3=O)c86)C(=O)N(N)C7=O)C2=O)c1C. The number of nitrogens with two attached hydrogens (primary N) is 1. The summed E-state index contributed by atoms with van der Waals surface area (Å²) in [6.07, 6.45) is 0. The van der Waals surface area contributed by atoms with Crippen molar-refractivity contribution in [2.24, 2.45) is 5.84 Å². The molecule has 0 unspecified atom stereocenters. The molecule has 2 N–H and O–H groups in total. The van der Waals surface area contributed by atoms with Crippen molar-refractivity contribution in [3.63, 3.8) is 0 Å². The molecule has 0 fully saturated rings. The van der Waals surface area contributed by atoms with E-state index in [1.165, 1.54) is 34.8 Å². The van der Waals surface area contributed by atoms with Crippen molar-refractivity contribution in [2.75, 3.05) is 0 Å². The largest absolute Gasteiger partial charge is 0.457 e. The van der Waals surface area contributed by atoms with E-state index >= 15 is 28.8 Å². The lowest BCUT2D eigenvalue weighted by molar-refractivity contribution is -0.147. The van der Waals surface area contributed by atoms with E-state index in [0.717, 1.165) is 52.9 Å². The number of nitrogens with zero attached hydrogens (tertiary/aromatic N) is 3. The lowest BCUT2D eigenvalue weighted by Crippen LogP contribution is -2.55.